The Morgan fingerprint density at radius 1 is 1.06 bits per heavy atom. The summed E-state index contributed by atoms with van der Waals surface area (Å²) in [7, 11) is -3.60. The number of hydrogen-bond donors (Lipinski definition) is 4. The highest BCUT2D eigenvalue weighted by molar-refractivity contribution is 7.92. The molecule has 1 aliphatic rings. The second kappa shape index (κ2) is 8.03. The van der Waals surface area contributed by atoms with Gasteiger partial charge >= 0.3 is 0 Å². The number of nitrogens with zero attached hydrogens (tertiary/aromatic N) is 1. The van der Waals surface area contributed by atoms with E-state index < -0.39 is 15.9 Å². The first-order valence-corrected chi connectivity index (χ1v) is 11.8. The van der Waals surface area contributed by atoms with Gasteiger partial charge < -0.3 is 15.6 Å². The van der Waals surface area contributed by atoms with Crippen LogP contribution in [0.15, 0.2) is 36.4 Å². The summed E-state index contributed by atoms with van der Waals surface area (Å²) in [6.45, 7) is 1.35. The van der Waals surface area contributed by atoms with Gasteiger partial charge in [0, 0.05) is 24.2 Å². The molecule has 10 heteroatoms. The Bertz CT molecular complexity index is 1280. The number of carbonyl (C=O) groups excluding carboxylic acids is 2. The molecular formula is C21H23N5O4S. The molecule has 1 saturated carbocycles. The third kappa shape index (κ3) is 4.85. The fourth-order valence-corrected chi connectivity index (χ4v) is 4.06. The Labute approximate surface area is 179 Å². The molecule has 0 aliphatic heterocycles. The van der Waals surface area contributed by atoms with Crippen molar-refractivity contribution in [1.29, 1.82) is 0 Å². The molecule has 31 heavy (non-hydrogen) atoms. The number of sulfonamides is 1. The number of rotatable bonds is 6. The summed E-state index contributed by atoms with van der Waals surface area (Å²) >= 11 is 0. The minimum atomic E-state index is -3.60. The highest BCUT2D eigenvalue weighted by Crippen LogP contribution is 2.35. The van der Waals surface area contributed by atoms with Crippen LogP contribution < -0.4 is 15.4 Å². The van der Waals surface area contributed by atoms with Gasteiger partial charge in [-0.15, -0.1) is 0 Å². The van der Waals surface area contributed by atoms with Gasteiger partial charge in [0.2, 0.25) is 15.9 Å². The number of hydrogen-bond acceptors (Lipinski definition) is 5. The molecule has 0 atom stereocenters. The Morgan fingerprint density at radius 2 is 1.77 bits per heavy atom. The van der Waals surface area contributed by atoms with Crippen LogP contribution in [0.3, 0.4) is 0 Å². The van der Waals surface area contributed by atoms with Gasteiger partial charge in [-0.05, 0) is 49.2 Å². The fraction of sp³-hybridized carbons (Fsp3) is 0.286. The molecule has 1 aliphatic carbocycles. The Kier molecular flexibility index (Phi) is 5.40. The van der Waals surface area contributed by atoms with Crippen molar-refractivity contribution >= 4 is 49.9 Å². The van der Waals surface area contributed by atoms with E-state index in [4.69, 9.17) is 0 Å². The lowest BCUT2D eigenvalue weighted by molar-refractivity contribution is -0.114. The predicted octanol–water partition coefficient (Wildman–Crippen LogP) is 3.41. The van der Waals surface area contributed by atoms with Crippen molar-refractivity contribution in [3.05, 3.63) is 47.8 Å². The Morgan fingerprint density at radius 3 is 2.42 bits per heavy atom. The summed E-state index contributed by atoms with van der Waals surface area (Å²) in [6.07, 6.45) is 4.47. The molecule has 9 nitrogen and oxygen atoms in total. The van der Waals surface area contributed by atoms with Gasteiger partial charge in [-0.3, -0.25) is 14.3 Å². The van der Waals surface area contributed by atoms with E-state index in [0.29, 0.717) is 17.3 Å². The van der Waals surface area contributed by atoms with E-state index in [1.54, 1.807) is 12.1 Å². The molecule has 0 unspecified atom stereocenters. The van der Waals surface area contributed by atoms with Crippen molar-refractivity contribution < 1.29 is 18.0 Å². The van der Waals surface area contributed by atoms with E-state index in [0.717, 1.165) is 36.0 Å². The molecule has 1 aromatic heterocycles. The van der Waals surface area contributed by atoms with Crippen LogP contribution in [0.4, 0.5) is 17.1 Å². The highest BCUT2D eigenvalue weighted by Gasteiger charge is 2.23. The van der Waals surface area contributed by atoms with Crippen LogP contribution >= 0.6 is 0 Å². The maximum atomic E-state index is 13.0. The topological polar surface area (TPSA) is 133 Å². The van der Waals surface area contributed by atoms with Gasteiger partial charge in [-0.1, -0.05) is 6.42 Å². The van der Waals surface area contributed by atoms with E-state index in [9.17, 15) is 18.0 Å². The molecule has 4 N–H and O–H groups in total. The van der Waals surface area contributed by atoms with Gasteiger partial charge in [-0.2, -0.15) is 0 Å². The smallest absolute Gasteiger partial charge is 0.257 e. The van der Waals surface area contributed by atoms with Crippen LogP contribution in [-0.2, 0) is 14.8 Å². The number of nitrogens with one attached hydrogen (secondary N) is 4. The molecule has 4 rings (SSSR count). The van der Waals surface area contributed by atoms with Crippen LogP contribution in [0, 0.1) is 0 Å². The van der Waals surface area contributed by atoms with E-state index in [1.807, 2.05) is 6.07 Å². The summed E-state index contributed by atoms with van der Waals surface area (Å²) in [4.78, 5) is 32.3. The summed E-state index contributed by atoms with van der Waals surface area (Å²) in [5.41, 5.74) is 2.76. The molecule has 0 radical (unpaired) electrons. The van der Waals surface area contributed by atoms with Gasteiger partial charge in [0.15, 0.2) is 0 Å². The first-order chi connectivity index (χ1) is 14.7. The van der Waals surface area contributed by atoms with Crippen LogP contribution in [-0.4, -0.2) is 36.5 Å². The number of fused-ring (bicyclic) bond motifs is 1. The normalized spacial score (nSPS) is 14.1. The van der Waals surface area contributed by atoms with Crippen molar-refractivity contribution in [1.82, 2.24) is 9.97 Å². The lowest BCUT2D eigenvalue weighted by atomic mass is 9.85. The fourth-order valence-electron chi connectivity index (χ4n) is 3.48. The maximum Gasteiger partial charge on any atom is 0.257 e. The molecule has 0 bridgehead atoms. The lowest BCUT2D eigenvalue weighted by Crippen LogP contribution is -2.18. The van der Waals surface area contributed by atoms with Crippen LogP contribution in [0.25, 0.3) is 11.0 Å². The average Bonchev–Trinajstić information content (AvgIpc) is 3.02. The van der Waals surface area contributed by atoms with Crippen LogP contribution in [0.5, 0.6) is 0 Å². The van der Waals surface area contributed by atoms with Gasteiger partial charge in [0.25, 0.3) is 5.91 Å². The Hall–Kier alpha value is -3.40. The van der Waals surface area contributed by atoms with Gasteiger partial charge in [0.05, 0.1) is 28.5 Å². The number of imidazole rings is 1. The van der Waals surface area contributed by atoms with Crippen molar-refractivity contribution in [2.45, 2.75) is 32.1 Å². The largest absolute Gasteiger partial charge is 0.342 e. The number of H-pyrrole nitrogens is 1. The quantitative estimate of drug-likeness (QED) is 0.465. The number of amides is 2. The highest BCUT2D eigenvalue weighted by atomic mass is 32.2. The van der Waals surface area contributed by atoms with E-state index in [1.165, 1.54) is 31.5 Å². The third-order valence-corrected chi connectivity index (χ3v) is 5.72. The predicted molar refractivity (Wildman–Crippen MR) is 120 cm³/mol. The van der Waals surface area contributed by atoms with E-state index in [-0.39, 0.29) is 17.2 Å². The third-order valence-electron chi connectivity index (χ3n) is 5.13. The maximum absolute atomic E-state index is 13.0. The minimum absolute atomic E-state index is 0.0801. The monoisotopic (exact) mass is 441 g/mol. The molecule has 2 aromatic carbocycles. The zero-order valence-corrected chi connectivity index (χ0v) is 18.0. The first-order valence-electron chi connectivity index (χ1n) is 9.88. The SMILES string of the molecule is CC(=O)Nc1ccc(NS(C)(=O)=O)c(C(=O)Nc2ccc3nc(C4CCC4)[nH]c3c2)c1. The molecule has 0 saturated heterocycles. The molecule has 0 spiro atoms. The number of carbonyl (C=O) groups is 2. The van der Waals surface area contributed by atoms with Crippen LogP contribution in [0.2, 0.25) is 0 Å². The summed E-state index contributed by atoms with van der Waals surface area (Å²) in [5, 5.41) is 5.38. The second-order valence-corrected chi connectivity index (χ2v) is 9.50. The van der Waals surface area contributed by atoms with Gasteiger partial charge in [0.1, 0.15) is 5.82 Å². The zero-order chi connectivity index (χ0) is 22.2. The number of anilines is 3. The molecule has 1 fully saturated rings. The summed E-state index contributed by atoms with van der Waals surface area (Å²) < 4.78 is 25.7. The Balaban J connectivity index is 1.62. The van der Waals surface area contributed by atoms with E-state index >= 15 is 0 Å². The zero-order valence-electron chi connectivity index (χ0n) is 17.2. The lowest BCUT2D eigenvalue weighted by Gasteiger charge is -2.22. The molecule has 162 valence electrons. The molecule has 3 aromatic rings. The average molecular weight is 442 g/mol. The molecule has 2 amide bonds. The van der Waals surface area contributed by atoms with Crippen molar-refractivity contribution in [2.24, 2.45) is 0 Å². The standard InChI is InChI=1S/C21H23N5O4S/c1-12(27)22-14-6-8-17(26-31(2,29)30)16(10-14)21(28)23-15-7-9-18-19(11-15)25-20(24-18)13-4-3-5-13/h6-11,13,26H,3-5H2,1-2H3,(H,22,27)(H,23,28)(H,24,25). The first kappa shape index (κ1) is 20.9. The summed E-state index contributed by atoms with van der Waals surface area (Å²) in [6, 6.07) is 9.74. The molecule has 1 heterocycles. The van der Waals surface area contributed by atoms with Crippen LogP contribution in [0.1, 0.15) is 48.3 Å². The van der Waals surface area contributed by atoms with Crippen molar-refractivity contribution in [2.75, 3.05) is 21.6 Å². The van der Waals surface area contributed by atoms with E-state index in [2.05, 4.69) is 25.3 Å². The minimum Gasteiger partial charge on any atom is -0.342 e. The van der Waals surface area contributed by atoms with Gasteiger partial charge in [-0.25, -0.2) is 13.4 Å². The summed E-state index contributed by atoms with van der Waals surface area (Å²) in [5.74, 6) is 0.609. The second-order valence-electron chi connectivity index (χ2n) is 7.75. The number of aromatic nitrogens is 2. The van der Waals surface area contributed by atoms with Crippen molar-refractivity contribution in [3.63, 3.8) is 0 Å². The molecular weight excluding hydrogens is 418 g/mol. The number of aromatic amines is 1. The van der Waals surface area contributed by atoms with Crippen molar-refractivity contribution in [3.8, 4) is 0 Å². The number of benzene rings is 2.